The normalized spacial score (nSPS) is 13.7. The van der Waals surface area contributed by atoms with E-state index in [1.165, 1.54) is 11.8 Å². The Bertz CT molecular complexity index is 1420. The zero-order valence-electron chi connectivity index (χ0n) is 26.3. The van der Waals surface area contributed by atoms with Gasteiger partial charge in [0.2, 0.25) is 17.7 Å². The average molecular weight is 624 g/mol. The summed E-state index contributed by atoms with van der Waals surface area (Å²) in [4.78, 5) is 53.8. The van der Waals surface area contributed by atoms with Gasteiger partial charge in [0.05, 0.1) is 6.10 Å². The van der Waals surface area contributed by atoms with Gasteiger partial charge in [-0.15, -0.1) is 0 Å². The molecule has 0 aliphatic heterocycles. The number of aliphatic hydroxyl groups is 1. The van der Waals surface area contributed by atoms with Gasteiger partial charge in [-0.2, -0.15) is 5.26 Å². The van der Waals surface area contributed by atoms with Crippen LogP contribution in [0.15, 0.2) is 60.2 Å². The predicted octanol–water partition coefficient (Wildman–Crippen LogP) is 3.66. The summed E-state index contributed by atoms with van der Waals surface area (Å²) >= 11 is 6.25. The molecule has 11 heteroatoms. The number of hydrogen-bond acceptors (Lipinski definition) is 6. The van der Waals surface area contributed by atoms with Crippen molar-refractivity contribution in [1.82, 2.24) is 16.0 Å². The standard InChI is InChI=1S/C33H42ClN5O5/c1-20(2)15-24(18-35)31(43)39(7)25-13-10-11-22(16-25)17-27(29(41)36-19-23-12-8-9-14-26(23)34)37-30(42)28(21(3)40)38-32(44)33(4,5)6/h8-16,20-21,27-28,40H,17,19H2,1-7H3,(H,36,41)(H,37,42)(H,38,44)/t21-,27+,28+/m1/s1. The molecule has 0 fully saturated rings. The Morgan fingerprint density at radius 1 is 1.02 bits per heavy atom. The number of nitriles is 1. The molecule has 0 saturated heterocycles. The largest absolute Gasteiger partial charge is 0.391 e. The zero-order chi connectivity index (χ0) is 33.2. The van der Waals surface area contributed by atoms with E-state index in [1.54, 1.807) is 82.4 Å². The first-order chi connectivity index (χ1) is 20.5. The zero-order valence-corrected chi connectivity index (χ0v) is 27.0. The molecule has 4 amide bonds. The third-order valence-electron chi connectivity index (χ3n) is 6.67. The van der Waals surface area contributed by atoms with Gasteiger partial charge in [-0.25, -0.2) is 0 Å². The first kappa shape index (κ1) is 36.0. The minimum atomic E-state index is -1.31. The van der Waals surface area contributed by atoms with Gasteiger partial charge in [-0.3, -0.25) is 19.2 Å². The molecule has 2 aromatic carbocycles. The van der Waals surface area contributed by atoms with Crippen LogP contribution in [0.2, 0.25) is 5.02 Å². The molecule has 0 aromatic heterocycles. The summed E-state index contributed by atoms with van der Waals surface area (Å²) in [5, 5.41) is 28.3. The van der Waals surface area contributed by atoms with E-state index in [4.69, 9.17) is 11.6 Å². The lowest BCUT2D eigenvalue weighted by molar-refractivity contribution is -0.137. The molecule has 0 heterocycles. The van der Waals surface area contributed by atoms with Crippen molar-refractivity contribution in [3.63, 3.8) is 0 Å². The fourth-order valence-corrected chi connectivity index (χ4v) is 4.30. The summed E-state index contributed by atoms with van der Waals surface area (Å²) < 4.78 is 0. The Hall–Kier alpha value is -4.20. The van der Waals surface area contributed by atoms with Crippen LogP contribution in [0.4, 0.5) is 5.69 Å². The number of carbonyl (C=O) groups is 4. The number of nitrogens with one attached hydrogen (secondary N) is 3. The highest BCUT2D eigenvalue weighted by Crippen LogP contribution is 2.20. The third kappa shape index (κ3) is 10.5. The Morgan fingerprint density at radius 2 is 1.68 bits per heavy atom. The molecular weight excluding hydrogens is 582 g/mol. The van der Waals surface area contributed by atoms with Crippen LogP contribution in [-0.2, 0) is 32.1 Å². The van der Waals surface area contributed by atoms with Crippen LogP contribution in [0, 0.1) is 22.7 Å². The molecule has 0 radical (unpaired) electrons. The van der Waals surface area contributed by atoms with E-state index < -0.39 is 47.2 Å². The molecule has 0 aliphatic rings. The van der Waals surface area contributed by atoms with Crippen molar-refractivity contribution in [1.29, 1.82) is 5.26 Å². The van der Waals surface area contributed by atoms with Gasteiger partial charge < -0.3 is 26.0 Å². The summed E-state index contributed by atoms with van der Waals surface area (Å²) in [6.07, 6.45) is 0.362. The molecule has 0 saturated carbocycles. The van der Waals surface area contributed by atoms with Crippen molar-refractivity contribution in [2.45, 2.75) is 72.7 Å². The fourth-order valence-electron chi connectivity index (χ4n) is 4.10. The molecule has 2 aromatic rings. The lowest BCUT2D eigenvalue weighted by Gasteiger charge is -2.27. The molecular formula is C33H42ClN5O5. The second-order valence-electron chi connectivity index (χ2n) is 12.0. The number of halogens is 1. The quantitative estimate of drug-likeness (QED) is 0.209. The Balaban J connectivity index is 2.37. The molecule has 10 nitrogen and oxygen atoms in total. The van der Waals surface area contributed by atoms with Gasteiger partial charge in [0.1, 0.15) is 23.7 Å². The van der Waals surface area contributed by atoms with E-state index in [9.17, 15) is 29.5 Å². The van der Waals surface area contributed by atoms with Gasteiger partial charge in [0.15, 0.2) is 0 Å². The van der Waals surface area contributed by atoms with Crippen LogP contribution >= 0.6 is 11.6 Å². The van der Waals surface area contributed by atoms with Crippen LogP contribution in [0.25, 0.3) is 0 Å². The van der Waals surface area contributed by atoms with Crippen molar-refractivity contribution >= 4 is 40.9 Å². The van der Waals surface area contributed by atoms with Crippen molar-refractivity contribution in [3.05, 3.63) is 76.3 Å². The van der Waals surface area contributed by atoms with Crippen molar-refractivity contribution in [2.75, 3.05) is 11.9 Å². The molecule has 0 aliphatic carbocycles. The smallest absolute Gasteiger partial charge is 0.268 e. The lowest BCUT2D eigenvalue weighted by atomic mass is 9.94. The number of aliphatic hydroxyl groups excluding tert-OH is 1. The van der Waals surface area contributed by atoms with E-state index in [2.05, 4.69) is 16.0 Å². The lowest BCUT2D eigenvalue weighted by Crippen LogP contribution is -2.58. The van der Waals surface area contributed by atoms with Crippen LogP contribution < -0.4 is 20.9 Å². The minimum absolute atomic E-state index is 0.000584. The van der Waals surface area contributed by atoms with E-state index in [0.717, 1.165) is 0 Å². The number of anilines is 1. The molecule has 2 rings (SSSR count). The molecule has 236 valence electrons. The highest BCUT2D eigenvalue weighted by molar-refractivity contribution is 6.31. The van der Waals surface area contributed by atoms with Crippen molar-refractivity contribution in [2.24, 2.45) is 11.3 Å². The van der Waals surface area contributed by atoms with Crippen LogP contribution in [0.3, 0.4) is 0 Å². The minimum Gasteiger partial charge on any atom is -0.391 e. The van der Waals surface area contributed by atoms with E-state index in [1.807, 2.05) is 19.9 Å². The highest BCUT2D eigenvalue weighted by Gasteiger charge is 2.33. The summed E-state index contributed by atoms with van der Waals surface area (Å²) in [5.41, 5.74) is 0.964. The maximum Gasteiger partial charge on any atom is 0.268 e. The monoisotopic (exact) mass is 623 g/mol. The highest BCUT2D eigenvalue weighted by atomic mass is 35.5. The predicted molar refractivity (Wildman–Crippen MR) is 170 cm³/mol. The molecule has 0 unspecified atom stereocenters. The van der Waals surface area contributed by atoms with Crippen LogP contribution in [0.5, 0.6) is 0 Å². The Kier molecular flexibility index (Phi) is 13.1. The number of amides is 4. The number of rotatable bonds is 12. The molecule has 0 spiro atoms. The molecule has 3 atom stereocenters. The van der Waals surface area contributed by atoms with Crippen LogP contribution in [-0.4, -0.2) is 54.0 Å². The van der Waals surface area contributed by atoms with Gasteiger partial charge in [-0.05, 0) is 42.2 Å². The molecule has 44 heavy (non-hydrogen) atoms. The van der Waals surface area contributed by atoms with Gasteiger partial charge in [0.25, 0.3) is 5.91 Å². The summed E-state index contributed by atoms with van der Waals surface area (Å²) in [6.45, 7) is 10.2. The molecule has 0 bridgehead atoms. The van der Waals surface area contributed by atoms with Gasteiger partial charge in [0, 0.05) is 36.1 Å². The number of nitrogens with zero attached hydrogens (tertiary/aromatic N) is 2. The fraction of sp³-hybridized carbons (Fsp3) is 0.424. The van der Waals surface area contributed by atoms with E-state index >= 15 is 0 Å². The van der Waals surface area contributed by atoms with Gasteiger partial charge >= 0.3 is 0 Å². The number of hydrogen-bond donors (Lipinski definition) is 4. The maximum atomic E-state index is 13.5. The van der Waals surface area contributed by atoms with E-state index in [-0.39, 0.29) is 24.5 Å². The van der Waals surface area contributed by atoms with Gasteiger partial charge in [-0.1, -0.05) is 82.6 Å². The number of carbonyl (C=O) groups excluding carboxylic acids is 4. The average Bonchev–Trinajstić information content (AvgIpc) is 2.96. The van der Waals surface area contributed by atoms with Crippen molar-refractivity contribution < 1.29 is 24.3 Å². The topological polar surface area (TPSA) is 152 Å². The van der Waals surface area contributed by atoms with Crippen molar-refractivity contribution in [3.8, 4) is 6.07 Å². The summed E-state index contributed by atoms with van der Waals surface area (Å²) in [7, 11) is 1.55. The summed E-state index contributed by atoms with van der Waals surface area (Å²) in [5.74, 6) is -2.18. The number of allylic oxidation sites excluding steroid dienone is 1. The summed E-state index contributed by atoms with van der Waals surface area (Å²) in [6, 6.07) is 13.4. The van der Waals surface area contributed by atoms with E-state index in [0.29, 0.717) is 21.8 Å². The number of benzene rings is 2. The Labute approximate surface area is 264 Å². The Morgan fingerprint density at radius 3 is 2.25 bits per heavy atom. The SMILES string of the molecule is CC(C)C=C(C#N)C(=O)N(C)c1cccc(C[C@H](NC(=O)[C@@H](NC(=O)C(C)(C)C)[C@@H](C)O)C(=O)NCc2ccccc2Cl)c1. The molecule has 4 N–H and O–H groups in total. The third-order valence-corrected chi connectivity index (χ3v) is 7.04. The first-order valence-electron chi connectivity index (χ1n) is 14.3. The second kappa shape index (κ2) is 16.0. The number of likely N-dealkylation sites (N-methyl/N-ethyl adjacent to an activating group) is 1. The second-order valence-corrected chi connectivity index (χ2v) is 12.4. The van der Waals surface area contributed by atoms with Crippen LogP contribution in [0.1, 0.15) is 52.7 Å². The maximum absolute atomic E-state index is 13.5. The first-order valence-corrected chi connectivity index (χ1v) is 14.7.